The van der Waals surface area contributed by atoms with Gasteiger partial charge in [0.2, 0.25) is 0 Å². The molecule has 0 radical (unpaired) electrons. The monoisotopic (exact) mass is 848 g/mol. The summed E-state index contributed by atoms with van der Waals surface area (Å²) in [6, 6.07) is 71.7. The molecule has 0 saturated heterocycles. The maximum absolute atomic E-state index is 7.15. The first-order chi connectivity index (χ1) is 32.2. The predicted molar refractivity (Wildman–Crippen MR) is 274 cm³/mol. The van der Waals surface area contributed by atoms with Crippen molar-refractivity contribution < 1.29 is 4.42 Å². The summed E-state index contributed by atoms with van der Waals surface area (Å²) >= 11 is 0. The molecule has 0 amide bonds. The summed E-state index contributed by atoms with van der Waals surface area (Å²) < 4.78 is 7.15. The summed E-state index contributed by atoms with van der Waals surface area (Å²) in [4.78, 5) is 4.87. The fraction of sp³-hybridized carbons (Fsp3) is 0.143. The highest BCUT2D eigenvalue weighted by Crippen LogP contribution is 2.70. The van der Waals surface area contributed by atoms with Gasteiger partial charge in [0.1, 0.15) is 11.2 Å². The highest BCUT2D eigenvalue weighted by Gasteiger charge is 2.58. The van der Waals surface area contributed by atoms with Crippen molar-refractivity contribution in [1.29, 1.82) is 0 Å². The molecule has 1 saturated carbocycles. The Morgan fingerprint density at radius 3 is 1.45 bits per heavy atom. The van der Waals surface area contributed by atoms with Crippen LogP contribution in [-0.2, 0) is 16.2 Å². The number of hydrogen-bond donors (Lipinski definition) is 0. The van der Waals surface area contributed by atoms with Crippen molar-refractivity contribution in [2.24, 2.45) is 0 Å². The van der Waals surface area contributed by atoms with Crippen LogP contribution < -0.4 is 9.80 Å². The summed E-state index contributed by atoms with van der Waals surface area (Å²) in [7, 11) is 0. The quantitative estimate of drug-likeness (QED) is 0.166. The SMILES string of the molecule is CC1(C)c2ccccc2-c2ccc(N(c3ccccc3)c3ccc4c(c3)C3(CC3)c3c5c(c6c(oc7ccccc76)c3-4)-c3ccc(N(c4ccccc4)c4ccccc4)cc3C5(C)C)cc21. The molecule has 0 atom stereocenters. The Balaban J connectivity index is 0.975. The summed E-state index contributed by atoms with van der Waals surface area (Å²) in [5, 5.41) is 2.42. The third-order valence-corrected chi connectivity index (χ3v) is 15.8. The van der Waals surface area contributed by atoms with Gasteiger partial charge in [-0.15, -0.1) is 0 Å². The Hall–Kier alpha value is -7.62. The topological polar surface area (TPSA) is 19.6 Å². The largest absolute Gasteiger partial charge is 0.455 e. The van der Waals surface area contributed by atoms with Gasteiger partial charge in [-0.25, -0.2) is 0 Å². The molecular formula is C63H48N2O. The molecule has 14 rings (SSSR count). The van der Waals surface area contributed by atoms with Crippen molar-refractivity contribution in [3.05, 3.63) is 228 Å². The predicted octanol–water partition coefficient (Wildman–Crippen LogP) is 17.2. The number of benzene rings is 9. The smallest absolute Gasteiger partial charge is 0.144 e. The molecular weight excluding hydrogens is 801 g/mol. The first-order valence-electron chi connectivity index (χ1n) is 23.6. The number of anilines is 6. The van der Waals surface area contributed by atoms with E-state index in [2.05, 4.69) is 232 Å². The van der Waals surface area contributed by atoms with E-state index >= 15 is 0 Å². The fourth-order valence-electron chi connectivity index (χ4n) is 12.7. The molecule has 3 nitrogen and oxygen atoms in total. The second kappa shape index (κ2) is 13.2. The van der Waals surface area contributed by atoms with Gasteiger partial charge in [-0.1, -0.05) is 143 Å². The molecule has 1 heterocycles. The van der Waals surface area contributed by atoms with Gasteiger partial charge >= 0.3 is 0 Å². The van der Waals surface area contributed by atoms with Gasteiger partial charge in [0.15, 0.2) is 0 Å². The zero-order valence-corrected chi connectivity index (χ0v) is 37.7. The van der Waals surface area contributed by atoms with Gasteiger partial charge in [-0.2, -0.15) is 0 Å². The van der Waals surface area contributed by atoms with Crippen LogP contribution in [0.15, 0.2) is 199 Å². The average Bonchev–Trinajstić information content (AvgIpc) is 3.84. The molecule has 1 aromatic heterocycles. The average molecular weight is 849 g/mol. The lowest BCUT2D eigenvalue weighted by atomic mass is 9.75. The van der Waals surface area contributed by atoms with Crippen molar-refractivity contribution in [3.63, 3.8) is 0 Å². The van der Waals surface area contributed by atoms with Crippen molar-refractivity contribution in [2.75, 3.05) is 9.80 Å². The summed E-state index contributed by atoms with van der Waals surface area (Å²) in [5.74, 6) is 0. The highest BCUT2D eigenvalue weighted by molar-refractivity contribution is 6.21. The van der Waals surface area contributed by atoms with Crippen LogP contribution in [0, 0.1) is 0 Å². The van der Waals surface area contributed by atoms with Crippen LogP contribution in [0.4, 0.5) is 34.1 Å². The molecule has 1 fully saturated rings. The molecule has 316 valence electrons. The van der Waals surface area contributed by atoms with Gasteiger partial charge in [0, 0.05) is 66.7 Å². The van der Waals surface area contributed by atoms with E-state index in [-0.39, 0.29) is 16.2 Å². The van der Waals surface area contributed by atoms with Crippen LogP contribution >= 0.6 is 0 Å². The van der Waals surface area contributed by atoms with Gasteiger partial charge in [0.05, 0.1) is 0 Å². The Morgan fingerprint density at radius 1 is 0.379 bits per heavy atom. The van der Waals surface area contributed by atoms with Crippen molar-refractivity contribution in [1.82, 2.24) is 0 Å². The Kier molecular flexibility index (Phi) is 7.57. The number of nitrogens with zero attached hydrogens (tertiary/aromatic N) is 2. The molecule has 66 heavy (non-hydrogen) atoms. The van der Waals surface area contributed by atoms with Crippen molar-refractivity contribution in [2.45, 2.75) is 56.8 Å². The first kappa shape index (κ1) is 37.7. The lowest BCUT2D eigenvalue weighted by Gasteiger charge is -2.30. The number of rotatable bonds is 6. The number of para-hydroxylation sites is 4. The zero-order valence-electron chi connectivity index (χ0n) is 37.7. The molecule has 0 N–H and O–H groups in total. The molecule has 3 heteroatoms. The molecule has 0 bridgehead atoms. The maximum atomic E-state index is 7.15. The Bertz CT molecular complexity index is 3610. The minimum absolute atomic E-state index is 0.104. The van der Waals surface area contributed by atoms with E-state index in [0.717, 1.165) is 46.8 Å². The normalized spacial score (nSPS) is 15.8. The molecule has 1 spiro atoms. The molecule has 4 aliphatic carbocycles. The second-order valence-electron chi connectivity index (χ2n) is 20.0. The highest BCUT2D eigenvalue weighted by atomic mass is 16.3. The molecule has 10 aromatic rings. The third-order valence-electron chi connectivity index (χ3n) is 15.8. The lowest BCUT2D eigenvalue weighted by molar-refractivity contribution is 0.641. The van der Waals surface area contributed by atoms with E-state index in [4.69, 9.17) is 4.42 Å². The fourth-order valence-corrected chi connectivity index (χ4v) is 12.7. The zero-order chi connectivity index (χ0) is 44.1. The second-order valence-corrected chi connectivity index (χ2v) is 20.0. The van der Waals surface area contributed by atoms with Crippen LogP contribution in [0.25, 0.3) is 55.3 Å². The van der Waals surface area contributed by atoms with E-state index in [1.807, 2.05) is 0 Å². The lowest BCUT2D eigenvalue weighted by Crippen LogP contribution is -2.21. The van der Waals surface area contributed by atoms with E-state index in [0.29, 0.717) is 0 Å². The minimum atomic E-state index is -0.290. The number of hydrogen-bond acceptors (Lipinski definition) is 3. The van der Waals surface area contributed by atoms with Crippen LogP contribution in [0.3, 0.4) is 0 Å². The molecule has 4 aliphatic rings. The maximum Gasteiger partial charge on any atom is 0.144 e. The first-order valence-corrected chi connectivity index (χ1v) is 23.6. The molecule has 0 aliphatic heterocycles. The minimum Gasteiger partial charge on any atom is -0.455 e. The number of fused-ring (bicyclic) bond motifs is 17. The molecule has 9 aromatic carbocycles. The Morgan fingerprint density at radius 2 is 0.848 bits per heavy atom. The van der Waals surface area contributed by atoms with E-state index < -0.39 is 0 Å². The van der Waals surface area contributed by atoms with Crippen LogP contribution in [0.5, 0.6) is 0 Å². The van der Waals surface area contributed by atoms with Crippen LogP contribution in [-0.4, -0.2) is 0 Å². The van der Waals surface area contributed by atoms with Crippen molar-refractivity contribution >= 4 is 56.1 Å². The van der Waals surface area contributed by atoms with E-state index in [1.54, 1.807) is 0 Å². The van der Waals surface area contributed by atoms with Crippen LogP contribution in [0.1, 0.15) is 73.9 Å². The third kappa shape index (κ3) is 4.98. The van der Waals surface area contributed by atoms with Gasteiger partial charge in [0.25, 0.3) is 0 Å². The summed E-state index contributed by atoms with van der Waals surface area (Å²) in [6.45, 7) is 9.69. The van der Waals surface area contributed by atoms with Gasteiger partial charge < -0.3 is 14.2 Å². The van der Waals surface area contributed by atoms with Gasteiger partial charge in [-0.05, 0) is 153 Å². The molecule has 0 unspecified atom stereocenters. The summed E-state index contributed by atoms with van der Waals surface area (Å²) in [5.41, 5.74) is 24.8. The summed E-state index contributed by atoms with van der Waals surface area (Å²) in [6.07, 6.45) is 2.22. The standard InChI is InChI=1S/C63H48N2O/c1-61(2)50-26-16-14-24-45(50)46-31-28-43(36-51(46)61)65(41-22-12-7-13-23-41)44-30-33-48-53(38-44)63(34-35-63)59-57(48)60-56(49-25-15-17-27-54(49)66-60)55-47-32-29-42(37-52(47)62(3,4)58(55)59)64(39-18-8-5-9-19-39)40-20-10-6-11-21-40/h5-33,36-38H,34-35H2,1-4H3. The Labute approximate surface area is 386 Å². The van der Waals surface area contributed by atoms with E-state index in [1.165, 1.54) is 88.9 Å². The number of furan rings is 1. The van der Waals surface area contributed by atoms with Crippen molar-refractivity contribution in [3.8, 4) is 33.4 Å². The van der Waals surface area contributed by atoms with Crippen LogP contribution in [0.2, 0.25) is 0 Å². The van der Waals surface area contributed by atoms with E-state index in [9.17, 15) is 0 Å². The van der Waals surface area contributed by atoms with Gasteiger partial charge in [-0.3, -0.25) is 0 Å².